The van der Waals surface area contributed by atoms with Crippen molar-refractivity contribution in [2.24, 2.45) is 0 Å². The van der Waals surface area contributed by atoms with Crippen molar-refractivity contribution in [1.29, 1.82) is 0 Å². The second-order valence-electron chi connectivity index (χ2n) is 6.74. The van der Waals surface area contributed by atoms with Gasteiger partial charge in [-0.05, 0) is 24.2 Å². The van der Waals surface area contributed by atoms with Crippen molar-refractivity contribution in [2.45, 2.75) is 6.54 Å². The molecule has 2 aromatic carbocycles. The van der Waals surface area contributed by atoms with Gasteiger partial charge >= 0.3 is 0 Å². The van der Waals surface area contributed by atoms with E-state index in [0.29, 0.717) is 0 Å². The summed E-state index contributed by atoms with van der Waals surface area (Å²) in [7, 11) is 2.20. The number of hydrogen-bond acceptors (Lipinski definition) is 3. The topological polar surface area (TPSA) is 24.3 Å². The molecule has 0 atom stereocenters. The smallest absolute Gasteiger partial charge is 0.0949 e. The van der Waals surface area contributed by atoms with Crippen LogP contribution in [0.15, 0.2) is 67.3 Å². The molecule has 4 nitrogen and oxygen atoms in total. The Morgan fingerprint density at radius 2 is 1.68 bits per heavy atom. The molecule has 0 amide bonds. The number of piperazine rings is 1. The van der Waals surface area contributed by atoms with Gasteiger partial charge in [0.1, 0.15) is 0 Å². The quantitative estimate of drug-likeness (QED) is 0.732. The Labute approximate surface area is 149 Å². The molecule has 1 aliphatic rings. The molecule has 0 saturated carbocycles. The molecule has 0 unspecified atom stereocenters. The van der Waals surface area contributed by atoms with Gasteiger partial charge in [0.25, 0.3) is 0 Å². The van der Waals surface area contributed by atoms with Gasteiger partial charge in [-0.3, -0.25) is 0 Å². The lowest BCUT2D eigenvalue weighted by Gasteiger charge is -2.35. The SMILES string of the molecule is CN1CCN(c2ccccc2-c2ccc(Cn3ccnc3)cc2)CC1. The molecule has 1 saturated heterocycles. The van der Waals surface area contributed by atoms with Crippen LogP contribution in [0.3, 0.4) is 0 Å². The highest BCUT2D eigenvalue weighted by Gasteiger charge is 2.17. The first kappa shape index (κ1) is 15.9. The summed E-state index contributed by atoms with van der Waals surface area (Å²) in [5.74, 6) is 0. The summed E-state index contributed by atoms with van der Waals surface area (Å²) in [6.45, 7) is 5.29. The summed E-state index contributed by atoms with van der Waals surface area (Å²) in [4.78, 5) is 9.01. The van der Waals surface area contributed by atoms with Gasteiger partial charge in [-0.25, -0.2) is 4.98 Å². The van der Waals surface area contributed by atoms with Crippen LogP contribution in [0, 0.1) is 0 Å². The number of rotatable bonds is 4. The lowest BCUT2D eigenvalue weighted by Crippen LogP contribution is -2.44. The minimum Gasteiger partial charge on any atom is -0.368 e. The van der Waals surface area contributed by atoms with E-state index in [9.17, 15) is 0 Å². The molecule has 1 aromatic heterocycles. The molecule has 0 radical (unpaired) electrons. The maximum absolute atomic E-state index is 4.11. The second kappa shape index (κ2) is 7.11. The molecule has 0 aliphatic carbocycles. The lowest BCUT2D eigenvalue weighted by atomic mass is 10.0. The van der Waals surface area contributed by atoms with Crippen LogP contribution in [-0.2, 0) is 6.54 Å². The predicted octanol–water partition coefficient (Wildman–Crippen LogP) is 3.35. The Hall–Kier alpha value is -2.59. The van der Waals surface area contributed by atoms with Crippen LogP contribution >= 0.6 is 0 Å². The molecule has 25 heavy (non-hydrogen) atoms. The average Bonchev–Trinajstić information content (AvgIpc) is 3.16. The summed E-state index contributed by atoms with van der Waals surface area (Å²) in [6.07, 6.45) is 5.67. The monoisotopic (exact) mass is 332 g/mol. The molecule has 1 fully saturated rings. The Kier molecular flexibility index (Phi) is 4.53. The van der Waals surface area contributed by atoms with E-state index in [4.69, 9.17) is 0 Å². The number of imidazole rings is 1. The molecular weight excluding hydrogens is 308 g/mol. The molecular formula is C21H24N4. The maximum atomic E-state index is 4.11. The number of anilines is 1. The van der Waals surface area contributed by atoms with E-state index in [2.05, 4.69) is 74.9 Å². The maximum Gasteiger partial charge on any atom is 0.0949 e. The average molecular weight is 332 g/mol. The Balaban J connectivity index is 1.57. The van der Waals surface area contributed by atoms with E-state index < -0.39 is 0 Å². The molecule has 1 aliphatic heterocycles. The minimum absolute atomic E-state index is 0.861. The highest BCUT2D eigenvalue weighted by molar-refractivity contribution is 5.78. The third-order valence-corrected chi connectivity index (χ3v) is 4.94. The summed E-state index contributed by atoms with van der Waals surface area (Å²) >= 11 is 0. The Morgan fingerprint density at radius 3 is 2.40 bits per heavy atom. The largest absolute Gasteiger partial charge is 0.368 e. The van der Waals surface area contributed by atoms with Crippen molar-refractivity contribution in [3.63, 3.8) is 0 Å². The van der Waals surface area contributed by atoms with Crippen LogP contribution in [0.4, 0.5) is 5.69 Å². The van der Waals surface area contributed by atoms with Crippen molar-refractivity contribution in [1.82, 2.24) is 14.5 Å². The van der Waals surface area contributed by atoms with Crippen molar-refractivity contribution < 1.29 is 0 Å². The van der Waals surface area contributed by atoms with Gasteiger partial charge in [-0.2, -0.15) is 0 Å². The first-order valence-corrected chi connectivity index (χ1v) is 8.87. The van der Waals surface area contributed by atoms with Gasteiger partial charge in [0.2, 0.25) is 0 Å². The van der Waals surface area contributed by atoms with E-state index in [1.165, 1.54) is 22.4 Å². The fourth-order valence-corrected chi connectivity index (χ4v) is 3.42. The Bertz CT molecular complexity index is 800. The minimum atomic E-state index is 0.861. The third kappa shape index (κ3) is 3.59. The Morgan fingerprint density at radius 1 is 0.920 bits per heavy atom. The summed E-state index contributed by atoms with van der Waals surface area (Å²) < 4.78 is 2.09. The molecule has 128 valence electrons. The van der Waals surface area contributed by atoms with Crippen molar-refractivity contribution in [2.75, 3.05) is 38.1 Å². The van der Waals surface area contributed by atoms with Gasteiger partial charge in [-0.15, -0.1) is 0 Å². The fraction of sp³-hybridized carbons (Fsp3) is 0.286. The summed E-state index contributed by atoms with van der Waals surface area (Å²) in [5.41, 5.74) is 5.24. The highest BCUT2D eigenvalue weighted by atomic mass is 15.2. The molecule has 0 spiro atoms. The lowest BCUT2D eigenvalue weighted by molar-refractivity contribution is 0.313. The van der Waals surface area contributed by atoms with Crippen LogP contribution in [0.25, 0.3) is 11.1 Å². The summed E-state index contributed by atoms with van der Waals surface area (Å²) in [5, 5.41) is 0. The normalized spacial score (nSPS) is 15.5. The zero-order valence-electron chi connectivity index (χ0n) is 14.7. The molecule has 3 aromatic rings. The molecule has 0 bridgehead atoms. The van der Waals surface area contributed by atoms with Crippen LogP contribution < -0.4 is 4.90 Å². The zero-order chi connectivity index (χ0) is 17.1. The van der Waals surface area contributed by atoms with Gasteiger partial charge in [0, 0.05) is 56.4 Å². The van der Waals surface area contributed by atoms with Crippen molar-refractivity contribution in [3.8, 4) is 11.1 Å². The number of benzene rings is 2. The number of para-hydroxylation sites is 1. The molecule has 2 heterocycles. The molecule has 0 N–H and O–H groups in total. The molecule has 4 heteroatoms. The van der Waals surface area contributed by atoms with Gasteiger partial charge in [0.15, 0.2) is 0 Å². The second-order valence-corrected chi connectivity index (χ2v) is 6.74. The molecule has 4 rings (SSSR count). The highest BCUT2D eigenvalue weighted by Crippen LogP contribution is 2.31. The van der Waals surface area contributed by atoms with Crippen LogP contribution in [0.5, 0.6) is 0 Å². The fourth-order valence-electron chi connectivity index (χ4n) is 3.42. The van der Waals surface area contributed by atoms with Gasteiger partial charge in [0.05, 0.1) is 6.33 Å². The number of aromatic nitrogens is 2. The summed E-state index contributed by atoms with van der Waals surface area (Å²) in [6, 6.07) is 17.7. The standard InChI is InChI=1S/C21H24N4/c1-23-12-14-25(15-13-23)21-5-3-2-4-20(21)19-8-6-18(7-9-19)16-24-11-10-22-17-24/h2-11,17H,12-16H2,1H3. The van der Waals surface area contributed by atoms with Gasteiger partial charge in [-0.1, -0.05) is 42.5 Å². The van der Waals surface area contributed by atoms with Crippen molar-refractivity contribution >= 4 is 5.69 Å². The zero-order valence-corrected chi connectivity index (χ0v) is 14.7. The number of nitrogens with zero attached hydrogens (tertiary/aromatic N) is 4. The van der Waals surface area contributed by atoms with Gasteiger partial charge < -0.3 is 14.4 Å². The van der Waals surface area contributed by atoms with E-state index >= 15 is 0 Å². The van der Waals surface area contributed by atoms with E-state index in [1.54, 1.807) is 0 Å². The first-order valence-electron chi connectivity index (χ1n) is 8.87. The van der Waals surface area contributed by atoms with Crippen LogP contribution in [0.1, 0.15) is 5.56 Å². The number of hydrogen-bond donors (Lipinski definition) is 0. The third-order valence-electron chi connectivity index (χ3n) is 4.94. The van der Waals surface area contributed by atoms with Crippen LogP contribution in [0.2, 0.25) is 0 Å². The number of likely N-dealkylation sites (N-methyl/N-ethyl adjacent to an activating group) is 1. The van der Waals surface area contributed by atoms with E-state index in [-0.39, 0.29) is 0 Å². The predicted molar refractivity (Wildman–Crippen MR) is 103 cm³/mol. The van der Waals surface area contributed by atoms with E-state index in [1.807, 2.05) is 18.7 Å². The van der Waals surface area contributed by atoms with E-state index in [0.717, 1.165) is 32.7 Å². The van der Waals surface area contributed by atoms with Crippen molar-refractivity contribution in [3.05, 3.63) is 72.8 Å². The van der Waals surface area contributed by atoms with Crippen LogP contribution in [-0.4, -0.2) is 47.7 Å². The first-order chi connectivity index (χ1) is 12.3.